The van der Waals surface area contributed by atoms with Gasteiger partial charge in [0.15, 0.2) is 0 Å². The number of rotatable bonds is 6. The van der Waals surface area contributed by atoms with Gasteiger partial charge < -0.3 is 9.63 Å². The number of aliphatic imine (C=N–C) groups is 1. The number of hydrogen-bond donors (Lipinski definition) is 1. The molecule has 1 atom stereocenters. The fraction of sp³-hybridized carbons (Fsp3) is 0.600. The van der Waals surface area contributed by atoms with Crippen LogP contribution in [-0.2, 0) is 9.63 Å². The maximum absolute atomic E-state index is 12.4. The van der Waals surface area contributed by atoms with Crippen LogP contribution in [-0.4, -0.2) is 31.4 Å². The Kier molecular flexibility index (Phi) is 7.20. The molecule has 0 amide bonds. The van der Waals surface area contributed by atoms with Crippen molar-refractivity contribution in [3.63, 3.8) is 0 Å². The van der Waals surface area contributed by atoms with E-state index in [-0.39, 0.29) is 6.42 Å². The van der Waals surface area contributed by atoms with Crippen LogP contribution >= 0.6 is 0 Å². The lowest BCUT2D eigenvalue weighted by atomic mass is 10.2. The summed E-state index contributed by atoms with van der Waals surface area (Å²) in [7, 11) is 1.17. The quantitative estimate of drug-likeness (QED) is 0.259. The highest BCUT2D eigenvalue weighted by Crippen LogP contribution is 2.18. The van der Waals surface area contributed by atoms with Crippen molar-refractivity contribution in [1.29, 1.82) is 0 Å². The number of allylic oxidation sites excluding steroid dienone is 1. The Hall–Kier alpha value is -1.37. The standard InChI is InChI=1S/C10H15F3N2O2/c1-3-4-5-6-8(7-16)15-9(17-14-2)10(11,12)13/h4-5,7-8,14H,3,6H2,1-2H3/b5-4-,15-9?/t8-/m0/s1. The molecule has 0 saturated carbocycles. The van der Waals surface area contributed by atoms with Crippen LogP contribution in [0.25, 0.3) is 0 Å². The summed E-state index contributed by atoms with van der Waals surface area (Å²) in [5.41, 5.74) is 1.89. The Bertz CT molecular complexity index is 288. The van der Waals surface area contributed by atoms with Gasteiger partial charge in [0.25, 0.3) is 0 Å². The number of hydroxylamine groups is 1. The monoisotopic (exact) mass is 252 g/mol. The molecule has 0 aromatic rings. The lowest BCUT2D eigenvalue weighted by molar-refractivity contribution is -0.109. The number of carbonyl (C=O) groups excluding carboxylic acids is 1. The summed E-state index contributed by atoms with van der Waals surface area (Å²) in [6.07, 6.45) is -0.157. The summed E-state index contributed by atoms with van der Waals surface area (Å²) in [4.78, 5) is 17.9. The average molecular weight is 252 g/mol. The molecule has 4 nitrogen and oxygen atoms in total. The zero-order valence-corrected chi connectivity index (χ0v) is 9.62. The van der Waals surface area contributed by atoms with Crippen LogP contribution in [0.3, 0.4) is 0 Å². The first-order valence-electron chi connectivity index (χ1n) is 5.04. The highest BCUT2D eigenvalue weighted by molar-refractivity contribution is 5.83. The van der Waals surface area contributed by atoms with Crippen molar-refractivity contribution in [2.24, 2.45) is 4.99 Å². The van der Waals surface area contributed by atoms with Crippen LogP contribution in [0.1, 0.15) is 19.8 Å². The molecule has 0 radical (unpaired) electrons. The van der Waals surface area contributed by atoms with E-state index in [2.05, 4.69) is 9.83 Å². The largest absolute Gasteiger partial charge is 0.470 e. The van der Waals surface area contributed by atoms with Crippen molar-refractivity contribution in [3.05, 3.63) is 12.2 Å². The van der Waals surface area contributed by atoms with Crippen LogP contribution < -0.4 is 5.48 Å². The lowest BCUT2D eigenvalue weighted by Crippen LogP contribution is -2.32. The Morgan fingerprint density at radius 3 is 2.53 bits per heavy atom. The maximum atomic E-state index is 12.4. The summed E-state index contributed by atoms with van der Waals surface area (Å²) < 4.78 is 37.1. The third-order valence-electron chi connectivity index (χ3n) is 1.66. The molecule has 0 unspecified atom stereocenters. The van der Waals surface area contributed by atoms with Crippen LogP contribution in [0.15, 0.2) is 17.1 Å². The van der Waals surface area contributed by atoms with Gasteiger partial charge in [0.2, 0.25) is 0 Å². The van der Waals surface area contributed by atoms with Crippen LogP contribution in [0.5, 0.6) is 0 Å². The van der Waals surface area contributed by atoms with Crippen molar-refractivity contribution in [2.75, 3.05) is 7.05 Å². The minimum Gasteiger partial charge on any atom is -0.384 e. The summed E-state index contributed by atoms with van der Waals surface area (Å²) in [6.45, 7) is 1.88. The van der Waals surface area contributed by atoms with Crippen LogP contribution in [0.4, 0.5) is 13.2 Å². The predicted molar refractivity (Wildman–Crippen MR) is 57.5 cm³/mol. The normalized spacial score (nSPS) is 15.0. The second-order valence-electron chi connectivity index (χ2n) is 3.06. The topological polar surface area (TPSA) is 50.7 Å². The van der Waals surface area contributed by atoms with Gasteiger partial charge in [-0.05, 0) is 12.8 Å². The molecule has 0 aromatic carbocycles. The summed E-state index contributed by atoms with van der Waals surface area (Å²) >= 11 is 0. The lowest BCUT2D eigenvalue weighted by Gasteiger charge is -2.11. The van der Waals surface area contributed by atoms with E-state index in [0.29, 0.717) is 6.29 Å². The molecule has 0 heterocycles. The summed E-state index contributed by atoms with van der Waals surface area (Å²) in [5, 5.41) is 0. The average Bonchev–Trinajstić information content (AvgIpc) is 2.25. The molecule has 1 N–H and O–H groups in total. The van der Waals surface area contributed by atoms with Gasteiger partial charge in [-0.1, -0.05) is 19.1 Å². The number of nitrogens with one attached hydrogen (secondary N) is 1. The number of nitrogens with zero attached hydrogens (tertiary/aromatic N) is 1. The van der Waals surface area contributed by atoms with Gasteiger partial charge in [0.05, 0.1) is 0 Å². The summed E-state index contributed by atoms with van der Waals surface area (Å²) in [6, 6.07) is -1.09. The summed E-state index contributed by atoms with van der Waals surface area (Å²) in [5.74, 6) is -1.46. The van der Waals surface area contributed by atoms with Crippen molar-refractivity contribution in [3.8, 4) is 0 Å². The van der Waals surface area contributed by atoms with Gasteiger partial charge in [-0.3, -0.25) is 0 Å². The van der Waals surface area contributed by atoms with Crippen molar-refractivity contribution < 1.29 is 22.8 Å². The van der Waals surface area contributed by atoms with Gasteiger partial charge in [0, 0.05) is 7.05 Å². The number of hydrogen-bond acceptors (Lipinski definition) is 4. The van der Waals surface area contributed by atoms with E-state index < -0.39 is 18.1 Å². The Labute approximate surface area is 97.5 Å². The first kappa shape index (κ1) is 15.6. The van der Waals surface area contributed by atoms with E-state index in [9.17, 15) is 18.0 Å². The van der Waals surface area contributed by atoms with E-state index in [1.54, 1.807) is 12.2 Å². The van der Waals surface area contributed by atoms with E-state index in [1.165, 1.54) is 7.05 Å². The molecule has 98 valence electrons. The van der Waals surface area contributed by atoms with Crippen molar-refractivity contribution in [2.45, 2.75) is 32.0 Å². The molecule has 0 aromatic heterocycles. The number of aldehydes is 1. The van der Waals surface area contributed by atoms with Crippen molar-refractivity contribution in [1.82, 2.24) is 5.48 Å². The first-order chi connectivity index (χ1) is 7.95. The van der Waals surface area contributed by atoms with Gasteiger partial charge in [-0.2, -0.15) is 18.7 Å². The van der Waals surface area contributed by atoms with Gasteiger partial charge >= 0.3 is 12.1 Å². The van der Waals surface area contributed by atoms with Gasteiger partial charge in [0.1, 0.15) is 12.3 Å². The molecule has 0 aliphatic heterocycles. The number of carbonyl (C=O) groups is 1. The molecule has 0 saturated heterocycles. The highest BCUT2D eigenvalue weighted by atomic mass is 19.4. The smallest absolute Gasteiger partial charge is 0.384 e. The maximum Gasteiger partial charge on any atom is 0.470 e. The van der Waals surface area contributed by atoms with Crippen LogP contribution in [0.2, 0.25) is 0 Å². The van der Waals surface area contributed by atoms with E-state index >= 15 is 0 Å². The number of halogens is 3. The van der Waals surface area contributed by atoms with Crippen LogP contribution in [0, 0.1) is 0 Å². The van der Waals surface area contributed by atoms with E-state index in [1.807, 2.05) is 12.4 Å². The second kappa shape index (κ2) is 7.83. The number of alkyl halides is 3. The first-order valence-corrected chi connectivity index (χ1v) is 5.04. The zero-order valence-electron chi connectivity index (χ0n) is 9.62. The molecule has 0 bridgehead atoms. The molecule has 0 aliphatic carbocycles. The Morgan fingerprint density at radius 1 is 1.47 bits per heavy atom. The fourth-order valence-corrected chi connectivity index (χ4v) is 0.946. The molecule has 17 heavy (non-hydrogen) atoms. The Morgan fingerprint density at radius 2 is 2.12 bits per heavy atom. The minimum absolute atomic E-state index is 0.115. The highest BCUT2D eigenvalue weighted by Gasteiger charge is 2.39. The molecule has 0 rings (SSSR count). The second-order valence-corrected chi connectivity index (χ2v) is 3.06. The third kappa shape index (κ3) is 6.72. The minimum atomic E-state index is -4.72. The molecular formula is C10H15F3N2O2. The molecule has 0 fully saturated rings. The predicted octanol–water partition coefficient (Wildman–Crippen LogP) is 2.02. The van der Waals surface area contributed by atoms with E-state index in [4.69, 9.17) is 0 Å². The molecule has 0 aliphatic rings. The molecule has 7 heteroatoms. The zero-order chi connectivity index (χ0) is 13.3. The van der Waals surface area contributed by atoms with E-state index in [0.717, 1.165) is 6.42 Å². The Balaban J connectivity index is 4.74. The van der Waals surface area contributed by atoms with Gasteiger partial charge in [-0.25, -0.2) is 4.99 Å². The molecule has 0 spiro atoms. The third-order valence-corrected chi connectivity index (χ3v) is 1.66. The van der Waals surface area contributed by atoms with Crippen molar-refractivity contribution >= 4 is 12.2 Å². The van der Waals surface area contributed by atoms with Gasteiger partial charge in [-0.15, -0.1) is 0 Å². The SMILES string of the molecule is CC/C=C\C[C@@H](C=O)N=C(ONC)C(F)(F)F. The molecular weight excluding hydrogens is 237 g/mol. The fourth-order valence-electron chi connectivity index (χ4n) is 0.946.